The number of carbonyl (C=O) groups is 1. The molecule has 0 rings (SSSR count). The van der Waals surface area contributed by atoms with Gasteiger partial charge in [-0.15, -0.1) is 0 Å². The van der Waals surface area contributed by atoms with Gasteiger partial charge in [-0.25, -0.2) is 0 Å². The average Bonchev–Trinajstić information content (AvgIpc) is 1.83. The molecular formula is C7H11F3OS. The van der Waals surface area contributed by atoms with Gasteiger partial charge in [-0.05, 0) is 20.8 Å². The Morgan fingerprint density at radius 1 is 1.33 bits per heavy atom. The number of carbonyl (C=O) groups excluding carboxylic acids is 1. The second-order valence-corrected chi connectivity index (χ2v) is 3.94. The first-order chi connectivity index (χ1) is 5.10. The number of halogens is 3. The van der Waals surface area contributed by atoms with Crippen LogP contribution in [-0.4, -0.2) is 17.2 Å². The summed E-state index contributed by atoms with van der Waals surface area (Å²) in [6, 6.07) is 0. The maximum atomic E-state index is 12.2. The molecule has 1 unspecified atom stereocenters. The Balaban J connectivity index is 4.74. The zero-order valence-corrected chi connectivity index (χ0v) is 7.96. The van der Waals surface area contributed by atoms with Crippen molar-refractivity contribution in [2.75, 3.05) is 0 Å². The normalized spacial score (nSPS) is 15.9. The highest BCUT2D eigenvalue weighted by atomic mass is 32.1. The van der Waals surface area contributed by atoms with Crippen molar-refractivity contribution in [3.63, 3.8) is 0 Å². The van der Waals surface area contributed by atoms with Crippen LogP contribution in [-0.2, 0) is 4.79 Å². The van der Waals surface area contributed by atoms with Crippen LogP contribution >= 0.6 is 12.6 Å². The third-order valence-electron chi connectivity index (χ3n) is 1.70. The molecule has 0 saturated carbocycles. The van der Waals surface area contributed by atoms with E-state index >= 15 is 0 Å². The summed E-state index contributed by atoms with van der Waals surface area (Å²) in [5.41, 5.74) is -2.30. The molecule has 0 amide bonds. The van der Waals surface area contributed by atoms with Crippen LogP contribution in [0.3, 0.4) is 0 Å². The van der Waals surface area contributed by atoms with Crippen molar-refractivity contribution in [2.45, 2.75) is 32.2 Å². The average molecular weight is 200 g/mol. The summed E-state index contributed by atoms with van der Waals surface area (Å²) in [5, 5.41) is -0.887. The maximum absolute atomic E-state index is 12.2. The fourth-order valence-corrected chi connectivity index (χ4v) is 0.985. The lowest BCUT2D eigenvalue weighted by atomic mass is 9.86. The fraction of sp³-hybridized carbons (Fsp3) is 0.857. The molecule has 0 heterocycles. The standard InChI is InChI=1S/C7H11F3OS/c1-4(12)5(11)6(2,3)7(8,9)10/h4,12H,1-3H3. The Morgan fingerprint density at radius 3 is 1.75 bits per heavy atom. The van der Waals surface area contributed by atoms with E-state index in [2.05, 4.69) is 12.6 Å². The van der Waals surface area contributed by atoms with Gasteiger partial charge in [0.25, 0.3) is 0 Å². The number of rotatable bonds is 2. The van der Waals surface area contributed by atoms with Gasteiger partial charge in [0, 0.05) is 0 Å². The topological polar surface area (TPSA) is 17.1 Å². The van der Waals surface area contributed by atoms with Crippen molar-refractivity contribution in [1.82, 2.24) is 0 Å². The third-order valence-corrected chi connectivity index (χ3v) is 1.94. The van der Waals surface area contributed by atoms with E-state index in [0.717, 1.165) is 13.8 Å². The van der Waals surface area contributed by atoms with E-state index in [1.54, 1.807) is 0 Å². The van der Waals surface area contributed by atoms with Gasteiger partial charge in [0.1, 0.15) is 5.41 Å². The number of ketones is 1. The molecule has 0 aromatic heterocycles. The van der Waals surface area contributed by atoms with E-state index in [4.69, 9.17) is 0 Å². The monoisotopic (exact) mass is 200 g/mol. The SMILES string of the molecule is CC(S)C(=O)C(C)(C)C(F)(F)F. The first-order valence-electron chi connectivity index (χ1n) is 3.40. The number of alkyl halides is 3. The van der Waals surface area contributed by atoms with E-state index in [1.807, 2.05) is 0 Å². The zero-order valence-electron chi connectivity index (χ0n) is 7.07. The predicted molar refractivity (Wildman–Crippen MR) is 43.3 cm³/mol. The van der Waals surface area contributed by atoms with E-state index < -0.39 is 22.6 Å². The summed E-state index contributed by atoms with van der Waals surface area (Å²) >= 11 is 3.67. The van der Waals surface area contributed by atoms with Gasteiger partial charge in [-0.1, -0.05) is 0 Å². The lowest BCUT2D eigenvalue weighted by molar-refractivity contribution is -0.209. The van der Waals surface area contributed by atoms with Crippen LogP contribution in [0.5, 0.6) is 0 Å². The van der Waals surface area contributed by atoms with E-state index in [1.165, 1.54) is 6.92 Å². The molecule has 0 saturated heterocycles. The Kier molecular flexibility index (Phi) is 3.23. The predicted octanol–water partition coefficient (Wildman–Crippen LogP) is 2.46. The van der Waals surface area contributed by atoms with E-state index in [9.17, 15) is 18.0 Å². The van der Waals surface area contributed by atoms with Gasteiger partial charge in [-0.3, -0.25) is 4.79 Å². The Morgan fingerprint density at radius 2 is 1.67 bits per heavy atom. The molecule has 0 radical (unpaired) electrons. The van der Waals surface area contributed by atoms with Crippen molar-refractivity contribution in [3.8, 4) is 0 Å². The van der Waals surface area contributed by atoms with Crippen LogP contribution in [0.1, 0.15) is 20.8 Å². The Hall–Kier alpha value is -0.190. The lowest BCUT2D eigenvalue weighted by Gasteiger charge is -2.27. The zero-order chi connectivity index (χ0) is 10.2. The minimum absolute atomic E-state index is 0.863. The largest absolute Gasteiger partial charge is 0.400 e. The number of Topliss-reactive ketones (excluding diaryl/α,β-unsaturated/α-hetero) is 1. The molecular weight excluding hydrogens is 189 g/mol. The number of thiol groups is 1. The van der Waals surface area contributed by atoms with Crippen LogP contribution in [0.15, 0.2) is 0 Å². The highest BCUT2D eigenvalue weighted by molar-refractivity contribution is 7.81. The quantitative estimate of drug-likeness (QED) is 0.677. The lowest BCUT2D eigenvalue weighted by Crippen LogP contribution is -2.42. The molecule has 0 fully saturated rings. The molecule has 5 heteroatoms. The highest BCUT2D eigenvalue weighted by Gasteiger charge is 2.53. The molecule has 72 valence electrons. The van der Waals surface area contributed by atoms with Crippen molar-refractivity contribution >= 4 is 18.4 Å². The minimum Gasteiger partial charge on any atom is -0.298 e. The van der Waals surface area contributed by atoms with Crippen LogP contribution < -0.4 is 0 Å². The van der Waals surface area contributed by atoms with Crippen molar-refractivity contribution < 1.29 is 18.0 Å². The summed E-state index contributed by atoms with van der Waals surface area (Å²) in [5.74, 6) is -0.904. The highest BCUT2D eigenvalue weighted by Crippen LogP contribution is 2.39. The van der Waals surface area contributed by atoms with Crippen LogP contribution in [0, 0.1) is 5.41 Å². The number of hydrogen-bond donors (Lipinski definition) is 1. The summed E-state index contributed by atoms with van der Waals surface area (Å²) < 4.78 is 36.6. The van der Waals surface area contributed by atoms with Gasteiger partial charge in [-0.2, -0.15) is 25.8 Å². The maximum Gasteiger partial charge on any atom is 0.400 e. The summed E-state index contributed by atoms with van der Waals surface area (Å²) in [6.07, 6.45) is -4.50. The molecule has 1 atom stereocenters. The molecule has 0 spiro atoms. The summed E-state index contributed by atoms with van der Waals surface area (Å²) in [4.78, 5) is 11.0. The minimum atomic E-state index is -4.50. The second-order valence-electron chi connectivity index (χ2n) is 3.16. The van der Waals surface area contributed by atoms with Gasteiger partial charge < -0.3 is 0 Å². The first-order valence-corrected chi connectivity index (χ1v) is 3.91. The Bertz CT molecular complexity index is 184. The molecule has 1 nitrogen and oxygen atoms in total. The molecule has 0 aliphatic heterocycles. The van der Waals surface area contributed by atoms with E-state index in [0.29, 0.717) is 0 Å². The van der Waals surface area contributed by atoms with Gasteiger partial charge >= 0.3 is 6.18 Å². The molecule has 0 aliphatic rings. The Labute approximate surface area is 74.7 Å². The molecule has 0 aromatic carbocycles. The number of hydrogen-bond acceptors (Lipinski definition) is 2. The van der Waals surface area contributed by atoms with Gasteiger partial charge in [0.2, 0.25) is 0 Å². The van der Waals surface area contributed by atoms with Gasteiger partial charge in [0.05, 0.1) is 5.25 Å². The summed E-state index contributed by atoms with van der Waals surface area (Å²) in [7, 11) is 0. The summed E-state index contributed by atoms with van der Waals surface area (Å²) in [6.45, 7) is 3.06. The molecule has 0 N–H and O–H groups in total. The molecule has 0 bridgehead atoms. The first kappa shape index (κ1) is 11.8. The molecule has 0 aliphatic carbocycles. The van der Waals surface area contributed by atoms with Crippen LogP contribution in [0.4, 0.5) is 13.2 Å². The van der Waals surface area contributed by atoms with Crippen LogP contribution in [0.25, 0.3) is 0 Å². The van der Waals surface area contributed by atoms with Crippen LogP contribution in [0.2, 0.25) is 0 Å². The smallest absolute Gasteiger partial charge is 0.298 e. The van der Waals surface area contributed by atoms with Crippen molar-refractivity contribution in [2.24, 2.45) is 5.41 Å². The molecule has 0 aromatic rings. The van der Waals surface area contributed by atoms with Gasteiger partial charge in [0.15, 0.2) is 5.78 Å². The van der Waals surface area contributed by atoms with Crippen molar-refractivity contribution in [3.05, 3.63) is 0 Å². The third kappa shape index (κ3) is 2.15. The van der Waals surface area contributed by atoms with Crippen molar-refractivity contribution in [1.29, 1.82) is 0 Å². The molecule has 12 heavy (non-hydrogen) atoms. The second kappa shape index (κ2) is 3.28. The fourth-order valence-electron chi connectivity index (χ4n) is 0.662. The van der Waals surface area contributed by atoms with E-state index in [-0.39, 0.29) is 0 Å².